The van der Waals surface area contributed by atoms with Gasteiger partial charge in [0.25, 0.3) is 0 Å². The molecule has 0 unspecified atom stereocenters. The van der Waals surface area contributed by atoms with Crippen molar-refractivity contribution in [1.29, 1.82) is 0 Å². The zero-order valence-corrected chi connectivity index (χ0v) is 17.1. The molecule has 142 valence electrons. The van der Waals surface area contributed by atoms with E-state index < -0.39 is 0 Å². The lowest BCUT2D eigenvalue weighted by Crippen LogP contribution is -2.04. The van der Waals surface area contributed by atoms with E-state index in [1.54, 1.807) is 0 Å². The molecule has 1 aliphatic heterocycles. The average molecular weight is 377 g/mol. The molecule has 2 heteroatoms. The second-order valence-corrected chi connectivity index (χ2v) is 7.81. The maximum atomic E-state index is 4.54. The Morgan fingerprint density at radius 3 is 2.28 bits per heavy atom. The Kier molecular flexibility index (Phi) is 3.95. The Labute approximate surface area is 171 Å². The van der Waals surface area contributed by atoms with Crippen LogP contribution in [0.25, 0.3) is 33.7 Å². The van der Waals surface area contributed by atoms with Crippen LogP contribution < -0.4 is 5.32 Å². The van der Waals surface area contributed by atoms with Crippen molar-refractivity contribution < 1.29 is 0 Å². The van der Waals surface area contributed by atoms with Crippen LogP contribution in [0.2, 0.25) is 0 Å². The molecule has 0 saturated heterocycles. The number of nitrogens with one attached hydrogen (secondary N) is 1. The van der Waals surface area contributed by atoms with Crippen LogP contribution in [-0.4, -0.2) is 4.57 Å². The molecule has 4 aromatic rings. The van der Waals surface area contributed by atoms with Crippen molar-refractivity contribution in [2.75, 3.05) is 5.32 Å². The molecule has 0 saturated carbocycles. The van der Waals surface area contributed by atoms with E-state index in [4.69, 9.17) is 0 Å². The SMILES string of the molecule is C=C1c2cc3ccccc3cc2N/C=C\c2c(C)c(-c3ccccc3C)n(C)c21. The second-order valence-electron chi connectivity index (χ2n) is 7.81. The van der Waals surface area contributed by atoms with Crippen molar-refractivity contribution in [3.8, 4) is 11.3 Å². The lowest BCUT2D eigenvalue weighted by atomic mass is 9.94. The van der Waals surface area contributed by atoms with Crippen LogP contribution in [0.5, 0.6) is 0 Å². The predicted octanol–water partition coefficient (Wildman–Crippen LogP) is 6.92. The third-order valence-electron chi connectivity index (χ3n) is 6.07. The summed E-state index contributed by atoms with van der Waals surface area (Å²) < 4.78 is 2.31. The summed E-state index contributed by atoms with van der Waals surface area (Å²) in [5, 5.41) is 5.94. The zero-order chi connectivity index (χ0) is 20.1. The molecule has 1 aliphatic rings. The standard InChI is InChI=1S/C27H24N2/c1-17-9-5-8-12-22(17)26-18(2)23-13-14-28-25-16-21-11-7-6-10-20(21)15-24(25)19(3)27(23)29(26)4/h5-16,28H,3H2,1-2,4H3/b14-13-. The summed E-state index contributed by atoms with van der Waals surface area (Å²) in [6.45, 7) is 8.92. The number of fused-ring (bicyclic) bond motifs is 3. The van der Waals surface area contributed by atoms with Gasteiger partial charge in [0.2, 0.25) is 0 Å². The van der Waals surface area contributed by atoms with Crippen molar-refractivity contribution in [3.63, 3.8) is 0 Å². The molecule has 0 bridgehead atoms. The topological polar surface area (TPSA) is 17.0 Å². The number of rotatable bonds is 1. The second kappa shape index (κ2) is 6.52. The third kappa shape index (κ3) is 2.64. The summed E-state index contributed by atoms with van der Waals surface area (Å²) in [6.07, 6.45) is 4.23. The summed E-state index contributed by atoms with van der Waals surface area (Å²) in [5.41, 5.74) is 10.8. The quantitative estimate of drug-likeness (QED) is 0.381. The molecular weight excluding hydrogens is 352 g/mol. The molecule has 0 amide bonds. The first-order valence-corrected chi connectivity index (χ1v) is 9.97. The molecular formula is C27H24N2. The number of hydrogen-bond donors (Lipinski definition) is 1. The normalized spacial score (nSPS) is 14.0. The lowest BCUT2D eigenvalue weighted by Gasteiger charge is -2.18. The largest absolute Gasteiger partial charge is 0.361 e. The first-order chi connectivity index (χ1) is 14.1. The van der Waals surface area contributed by atoms with Crippen LogP contribution in [0.3, 0.4) is 0 Å². The highest BCUT2D eigenvalue weighted by atomic mass is 15.0. The molecule has 1 aromatic heterocycles. The maximum Gasteiger partial charge on any atom is 0.0560 e. The van der Waals surface area contributed by atoms with Gasteiger partial charge < -0.3 is 9.88 Å². The molecule has 3 aromatic carbocycles. The van der Waals surface area contributed by atoms with E-state index in [-0.39, 0.29) is 0 Å². The lowest BCUT2D eigenvalue weighted by molar-refractivity contribution is 0.914. The Morgan fingerprint density at radius 1 is 0.828 bits per heavy atom. The fraction of sp³-hybridized carbons (Fsp3) is 0.111. The van der Waals surface area contributed by atoms with Gasteiger partial charge in [0, 0.05) is 41.2 Å². The van der Waals surface area contributed by atoms with Crippen molar-refractivity contribution in [3.05, 3.63) is 101 Å². The average Bonchev–Trinajstić information content (AvgIpc) is 2.96. The van der Waals surface area contributed by atoms with Gasteiger partial charge in [-0.15, -0.1) is 0 Å². The van der Waals surface area contributed by atoms with Crippen molar-refractivity contribution in [1.82, 2.24) is 4.57 Å². The minimum absolute atomic E-state index is 1.04. The first-order valence-electron chi connectivity index (χ1n) is 9.97. The summed E-state index contributed by atoms with van der Waals surface area (Å²) >= 11 is 0. The molecule has 29 heavy (non-hydrogen) atoms. The Morgan fingerprint density at radius 2 is 1.52 bits per heavy atom. The number of hydrogen-bond acceptors (Lipinski definition) is 1. The highest BCUT2D eigenvalue weighted by Crippen LogP contribution is 2.41. The van der Waals surface area contributed by atoms with E-state index in [1.165, 1.54) is 44.4 Å². The number of aryl methyl sites for hydroxylation is 1. The minimum atomic E-state index is 1.04. The van der Waals surface area contributed by atoms with Gasteiger partial charge in [-0.05, 0) is 54.0 Å². The van der Waals surface area contributed by atoms with E-state index in [2.05, 4.69) is 104 Å². The van der Waals surface area contributed by atoms with E-state index in [1.807, 2.05) is 6.20 Å². The van der Waals surface area contributed by atoms with Crippen LogP contribution in [0.1, 0.15) is 27.9 Å². The van der Waals surface area contributed by atoms with Crippen LogP contribution in [0.15, 0.2) is 73.4 Å². The van der Waals surface area contributed by atoms with Crippen LogP contribution in [0.4, 0.5) is 5.69 Å². The number of anilines is 1. The van der Waals surface area contributed by atoms with Gasteiger partial charge in [-0.3, -0.25) is 0 Å². The van der Waals surface area contributed by atoms with Gasteiger partial charge in [0.05, 0.1) is 11.4 Å². The van der Waals surface area contributed by atoms with Gasteiger partial charge >= 0.3 is 0 Å². The summed E-state index contributed by atoms with van der Waals surface area (Å²) in [7, 11) is 2.16. The predicted molar refractivity (Wildman–Crippen MR) is 125 cm³/mol. The molecule has 0 spiro atoms. The van der Waals surface area contributed by atoms with Gasteiger partial charge in [-0.25, -0.2) is 0 Å². The van der Waals surface area contributed by atoms with Crippen molar-refractivity contribution in [2.24, 2.45) is 7.05 Å². The Bertz CT molecular complexity index is 1320. The molecule has 0 aliphatic carbocycles. The molecule has 0 atom stereocenters. The van der Waals surface area contributed by atoms with E-state index in [9.17, 15) is 0 Å². The summed E-state index contributed by atoms with van der Waals surface area (Å²) in [5.74, 6) is 0. The Balaban J connectivity index is 1.78. The van der Waals surface area contributed by atoms with Crippen molar-refractivity contribution in [2.45, 2.75) is 13.8 Å². The highest BCUT2D eigenvalue weighted by molar-refractivity contribution is 5.98. The number of benzene rings is 3. The highest BCUT2D eigenvalue weighted by Gasteiger charge is 2.23. The smallest absolute Gasteiger partial charge is 0.0560 e. The fourth-order valence-electron chi connectivity index (χ4n) is 4.59. The minimum Gasteiger partial charge on any atom is -0.361 e. The first kappa shape index (κ1) is 17.6. The Hall–Kier alpha value is -3.52. The van der Waals surface area contributed by atoms with Gasteiger partial charge in [0.15, 0.2) is 0 Å². The van der Waals surface area contributed by atoms with Crippen LogP contribution in [0, 0.1) is 13.8 Å². The van der Waals surface area contributed by atoms with Gasteiger partial charge in [-0.2, -0.15) is 0 Å². The molecule has 2 heterocycles. The molecule has 0 radical (unpaired) electrons. The van der Waals surface area contributed by atoms with Crippen LogP contribution >= 0.6 is 0 Å². The summed E-state index contributed by atoms with van der Waals surface area (Å²) in [6, 6.07) is 21.5. The maximum absolute atomic E-state index is 4.54. The van der Waals surface area contributed by atoms with Crippen molar-refractivity contribution >= 4 is 28.1 Å². The monoisotopic (exact) mass is 376 g/mol. The van der Waals surface area contributed by atoms with Crippen LogP contribution in [-0.2, 0) is 7.05 Å². The third-order valence-corrected chi connectivity index (χ3v) is 6.07. The number of nitrogens with zero attached hydrogens (tertiary/aromatic N) is 1. The summed E-state index contributed by atoms with van der Waals surface area (Å²) in [4.78, 5) is 0. The molecule has 0 fully saturated rings. The molecule has 2 nitrogen and oxygen atoms in total. The van der Waals surface area contributed by atoms with E-state index in [0.717, 1.165) is 16.8 Å². The van der Waals surface area contributed by atoms with Gasteiger partial charge in [-0.1, -0.05) is 55.1 Å². The fourth-order valence-corrected chi connectivity index (χ4v) is 4.59. The van der Waals surface area contributed by atoms with E-state index >= 15 is 0 Å². The van der Waals surface area contributed by atoms with E-state index in [0.29, 0.717) is 0 Å². The van der Waals surface area contributed by atoms with Gasteiger partial charge in [0.1, 0.15) is 0 Å². The molecule has 5 rings (SSSR count). The zero-order valence-electron chi connectivity index (χ0n) is 17.1. The number of aromatic nitrogens is 1. The molecule has 1 N–H and O–H groups in total.